The number of halogens is 2. The Kier molecular flexibility index (Phi) is 7.11. The van der Waals surface area contributed by atoms with Gasteiger partial charge >= 0.3 is 6.03 Å². The number of hydrogen-bond acceptors (Lipinski definition) is 9. The Bertz CT molecular complexity index is 1800. The van der Waals surface area contributed by atoms with Crippen molar-refractivity contribution < 1.29 is 23.5 Å². The Morgan fingerprint density at radius 2 is 1.95 bits per heavy atom. The maximum atomic E-state index is 14.8. The fourth-order valence-electron chi connectivity index (χ4n) is 5.09. The molecule has 16 heteroatoms. The maximum absolute atomic E-state index is 14.8. The predicted octanol–water partition coefficient (Wildman–Crippen LogP) is 2.07. The molecule has 0 bridgehead atoms. The molecule has 0 aromatic carbocycles. The number of nitrogens with zero attached hydrogens (tertiary/aromatic N) is 6. The van der Waals surface area contributed by atoms with E-state index in [9.17, 15) is 28.3 Å². The van der Waals surface area contributed by atoms with Gasteiger partial charge in [-0.3, -0.25) is 14.7 Å². The first-order valence-electron chi connectivity index (χ1n) is 13.7. The highest BCUT2D eigenvalue weighted by Gasteiger charge is 2.34. The van der Waals surface area contributed by atoms with Gasteiger partial charge in [-0.05, 0) is 38.7 Å². The Labute approximate surface area is 242 Å². The molecule has 0 radical (unpaired) electrons. The zero-order chi connectivity index (χ0) is 30.4. The Morgan fingerprint density at radius 1 is 1.16 bits per heavy atom. The van der Waals surface area contributed by atoms with Crippen LogP contribution in [0.2, 0.25) is 0 Å². The number of pyridine rings is 2. The zero-order valence-electron chi connectivity index (χ0n) is 23.2. The van der Waals surface area contributed by atoms with Crippen LogP contribution in [0.4, 0.5) is 19.4 Å². The second-order valence-electron chi connectivity index (χ2n) is 10.7. The molecule has 4 aromatic rings. The van der Waals surface area contributed by atoms with Crippen LogP contribution in [0.5, 0.6) is 5.75 Å². The van der Waals surface area contributed by atoms with Crippen molar-refractivity contribution in [2.24, 2.45) is 5.92 Å². The molecule has 0 spiro atoms. The first kappa shape index (κ1) is 28.0. The minimum Gasteiger partial charge on any atom is -0.503 e. The highest BCUT2D eigenvalue weighted by molar-refractivity contribution is 5.96. The van der Waals surface area contributed by atoms with E-state index in [1.165, 1.54) is 16.7 Å². The van der Waals surface area contributed by atoms with Gasteiger partial charge in [0.1, 0.15) is 17.7 Å². The van der Waals surface area contributed by atoms with E-state index in [1.54, 1.807) is 4.90 Å². The third-order valence-corrected chi connectivity index (χ3v) is 7.47. The van der Waals surface area contributed by atoms with E-state index in [0.717, 1.165) is 25.2 Å². The molecule has 0 saturated heterocycles. The summed E-state index contributed by atoms with van der Waals surface area (Å²) in [6, 6.07) is 1.67. The van der Waals surface area contributed by atoms with Crippen LogP contribution in [0.15, 0.2) is 29.3 Å². The number of nitrogens with one attached hydrogen (secondary N) is 4. The summed E-state index contributed by atoms with van der Waals surface area (Å²) >= 11 is 0. The van der Waals surface area contributed by atoms with Crippen LogP contribution < -0.4 is 21.4 Å². The number of aromatic nitrogens is 6. The number of hydrogen-bond donors (Lipinski definition) is 5. The van der Waals surface area contributed by atoms with Crippen molar-refractivity contribution >= 4 is 28.8 Å². The molecule has 5 N–H and O–H groups in total. The Morgan fingerprint density at radius 3 is 2.70 bits per heavy atom. The van der Waals surface area contributed by atoms with Gasteiger partial charge in [0.05, 0.1) is 24.3 Å². The van der Waals surface area contributed by atoms with Gasteiger partial charge in [-0.25, -0.2) is 28.5 Å². The van der Waals surface area contributed by atoms with Crippen molar-refractivity contribution in [1.82, 2.24) is 45.2 Å². The summed E-state index contributed by atoms with van der Waals surface area (Å²) in [5, 5.41) is 25.8. The van der Waals surface area contributed by atoms with Crippen molar-refractivity contribution in [2.75, 3.05) is 11.9 Å². The van der Waals surface area contributed by atoms with Crippen LogP contribution in [0.3, 0.4) is 0 Å². The lowest BCUT2D eigenvalue weighted by atomic mass is 10.1. The fourth-order valence-corrected chi connectivity index (χ4v) is 5.09. The van der Waals surface area contributed by atoms with Crippen molar-refractivity contribution in [3.63, 3.8) is 0 Å². The number of carbonyl (C=O) groups is 2. The average Bonchev–Trinajstić information content (AvgIpc) is 3.74. The molecular weight excluding hydrogens is 566 g/mol. The summed E-state index contributed by atoms with van der Waals surface area (Å²) in [6.45, 7) is 4.29. The van der Waals surface area contributed by atoms with Crippen LogP contribution >= 0.6 is 0 Å². The highest BCUT2D eigenvalue weighted by Crippen LogP contribution is 2.34. The molecule has 1 unspecified atom stereocenters. The van der Waals surface area contributed by atoms with Gasteiger partial charge in [-0.15, -0.1) is 0 Å². The normalized spacial score (nSPS) is 15.5. The third-order valence-electron chi connectivity index (χ3n) is 7.47. The largest absolute Gasteiger partial charge is 0.503 e. The van der Waals surface area contributed by atoms with Crippen molar-refractivity contribution in [1.29, 1.82) is 0 Å². The molecule has 6 rings (SSSR count). The standard InChI is InChI=1S/C27H28F2N10O4/c1-12(2)38-5-6-39-15(8-18(40)21(41)20(39)26(38)42)10-32-27(43)35-22(13-3-4-13)33-24-17(29)11-31-25(34-24)19-16-7-14(28)9-30-23(16)37-36-19/h7-9,11-13,22,41H,3-6,10H2,1-2H3,(H,30,36,37)(H,31,33,34)(H2,32,35,43). The molecule has 224 valence electrons. The summed E-state index contributed by atoms with van der Waals surface area (Å²) in [6.07, 6.45) is 2.84. The predicted molar refractivity (Wildman–Crippen MR) is 149 cm³/mol. The topological polar surface area (TPSA) is 183 Å². The number of rotatable bonds is 8. The number of urea groups is 1. The van der Waals surface area contributed by atoms with Gasteiger partial charge < -0.3 is 30.5 Å². The van der Waals surface area contributed by atoms with Crippen molar-refractivity contribution in [2.45, 2.75) is 52.0 Å². The molecule has 1 aliphatic carbocycles. The first-order chi connectivity index (χ1) is 20.6. The second-order valence-corrected chi connectivity index (χ2v) is 10.7. The van der Waals surface area contributed by atoms with Gasteiger partial charge in [-0.2, -0.15) is 5.10 Å². The number of carbonyl (C=O) groups excluding carboxylic acids is 2. The molecule has 3 amide bonds. The number of anilines is 1. The molecule has 1 fully saturated rings. The molecule has 4 aromatic heterocycles. The molecule has 1 saturated carbocycles. The molecule has 2 aliphatic rings. The lowest BCUT2D eigenvalue weighted by molar-refractivity contribution is 0.0639. The number of fused-ring (bicyclic) bond motifs is 2. The molecular formula is C27H28F2N10O4. The van der Waals surface area contributed by atoms with E-state index in [1.807, 2.05) is 13.8 Å². The Balaban J connectivity index is 1.18. The monoisotopic (exact) mass is 594 g/mol. The van der Waals surface area contributed by atoms with Gasteiger partial charge in [0, 0.05) is 30.9 Å². The van der Waals surface area contributed by atoms with Gasteiger partial charge in [0.2, 0.25) is 5.43 Å². The van der Waals surface area contributed by atoms with Crippen LogP contribution in [0.25, 0.3) is 22.6 Å². The summed E-state index contributed by atoms with van der Waals surface area (Å²) in [7, 11) is 0. The van der Waals surface area contributed by atoms with E-state index in [2.05, 4.69) is 41.1 Å². The highest BCUT2D eigenvalue weighted by atomic mass is 19.1. The van der Waals surface area contributed by atoms with E-state index in [-0.39, 0.29) is 47.2 Å². The van der Waals surface area contributed by atoms with Crippen LogP contribution in [0.1, 0.15) is 42.9 Å². The van der Waals surface area contributed by atoms with Gasteiger partial charge in [0.15, 0.2) is 34.6 Å². The van der Waals surface area contributed by atoms with Gasteiger partial charge in [-0.1, -0.05) is 0 Å². The minimum atomic E-state index is -0.764. The van der Waals surface area contributed by atoms with Crippen molar-refractivity contribution in [3.05, 3.63) is 57.8 Å². The summed E-state index contributed by atoms with van der Waals surface area (Å²) in [5.74, 6) is -2.57. The van der Waals surface area contributed by atoms with E-state index < -0.39 is 40.9 Å². The van der Waals surface area contributed by atoms with E-state index >= 15 is 0 Å². The van der Waals surface area contributed by atoms with Crippen LogP contribution in [0, 0.1) is 17.6 Å². The zero-order valence-corrected chi connectivity index (χ0v) is 23.2. The molecule has 43 heavy (non-hydrogen) atoms. The van der Waals surface area contributed by atoms with Gasteiger partial charge in [0.25, 0.3) is 5.91 Å². The lowest BCUT2D eigenvalue weighted by Crippen LogP contribution is -2.48. The number of amides is 3. The van der Waals surface area contributed by atoms with E-state index in [4.69, 9.17) is 0 Å². The number of aromatic hydroxyl groups is 1. The van der Waals surface area contributed by atoms with E-state index in [0.29, 0.717) is 24.2 Å². The maximum Gasteiger partial charge on any atom is 0.316 e. The van der Waals surface area contributed by atoms with Crippen LogP contribution in [-0.4, -0.2) is 70.4 Å². The molecule has 14 nitrogen and oxygen atoms in total. The minimum absolute atomic E-state index is 0.00136. The SMILES string of the molecule is CC(C)N1CCn2c(CNC(=O)NC(Nc3nc(-c4[nH]nc5ncc(F)cc45)ncc3F)C3CC3)cc(=O)c(O)c2C1=O. The third kappa shape index (κ3) is 5.42. The molecule has 1 aliphatic heterocycles. The number of aromatic amines is 1. The quantitative estimate of drug-likeness (QED) is 0.191. The summed E-state index contributed by atoms with van der Waals surface area (Å²) < 4.78 is 30.1. The fraction of sp³-hybridized carbons (Fsp3) is 0.370. The second kappa shape index (κ2) is 10.9. The molecule has 1 atom stereocenters. The smallest absolute Gasteiger partial charge is 0.316 e. The number of H-pyrrole nitrogens is 1. The van der Waals surface area contributed by atoms with Crippen LogP contribution in [-0.2, 0) is 13.1 Å². The summed E-state index contributed by atoms with van der Waals surface area (Å²) in [5.41, 5.74) is 0.0113. The Hall–Kier alpha value is -5.15. The van der Waals surface area contributed by atoms with Crippen molar-refractivity contribution in [3.8, 4) is 17.3 Å². The average molecular weight is 595 g/mol. The first-order valence-corrected chi connectivity index (χ1v) is 13.7. The summed E-state index contributed by atoms with van der Waals surface area (Å²) in [4.78, 5) is 52.0. The lowest BCUT2D eigenvalue weighted by Gasteiger charge is -2.34. The molecule has 5 heterocycles.